The Bertz CT molecular complexity index is 413. The van der Waals surface area contributed by atoms with Gasteiger partial charge in [0.05, 0.1) is 6.54 Å². The summed E-state index contributed by atoms with van der Waals surface area (Å²) in [6.45, 7) is 14.3. The van der Waals surface area contributed by atoms with Crippen molar-refractivity contribution in [3.8, 4) is 0 Å². The Morgan fingerprint density at radius 1 is 1.05 bits per heavy atom. The van der Waals surface area contributed by atoms with Crippen LogP contribution >= 0.6 is 24.0 Å². The second kappa shape index (κ2) is 12.7. The maximum Gasteiger partial charge on any atom is 0.191 e. The summed E-state index contributed by atoms with van der Waals surface area (Å²) in [4.78, 5) is 7.04. The second-order valence-corrected chi connectivity index (χ2v) is 5.13. The van der Waals surface area contributed by atoms with Gasteiger partial charge in [-0.05, 0) is 32.5 Å². The van der Waals surface area contributed by atoms with Gasteiger partial charge in [0.2, 0.25) is 0 Å². The maximum atomic E-state index is 4.64. The molecule has 0 saturated carbocycles. The largest absolute Gasteiger partial charge is 0.357 e. The number of guanidine groups is 1. The zero-order valence-corrected chi connectivity index (χ0v) is 16.7. The Kier molecular flexibility index (Phi) is 12.2. The van der Waals surface area contributed by atoms with Gasteiger partial charge in [-0.3, -0.25) is 0 Å². The fourth-order valence-electron chi connectivity index (χ4n) is 2.08. The summed E-state index contributed by atoms with van der Waals surface area (Å²) < 4.78 is 0. The Hall–Kier alpha value is -0.820. The van der Waals surface area contributed by atoms with E-state index in [0.29, 0.717) is 6.54 Å². The topological polar surface area (TPSA) is 39.7 Å². The van der Waals surface area contributed by atoms with Crippen LogP contribution in [0.15, 0.2) is 29.3 Å². The third-order valence-electron chi connectivity index (χ3n) is 3.50. The molecule has 0 atom stereocenters. The van der Waals surface area contributed by atoms with E-state index in [-0.39, 0.29) is 24.0 Å². The summed E-state index contributed by atoms with van der Waals surface area (Å²) in [7, 11) is 0. The molecule has 1 aromatic rings. The molecular weight excluding hydrogens is 387 g/mol. The number of hydrogen-bond donors (Lipinski definition) is 2. The number of halogens is 1. The summed E-state index contributed by atoms with van der Waals surface area (Å²) in [5, 5.41) is 6.69. The van der Waals surface area contributed by atoms with Crippen LogP contribution in [0.5, 0.6) is 0 Å². The van der Waals surface area contributed by atoms with Crippen molar-refractivity contribution in [1.82, 2.24) is 15.5 Å². The summed E-state index contributed by atoms with van der Waals surface area (Å²) in [6, 6.07) is 8.54. The van der Waals surface area contributed by atoms with E-state index in [1.54, 1.807) is 0 Å². The van der Waals surface area contributed by atoms with Gasteiger partial charge in [-0.2, -0.15) is 0 Å². The van der Waals surface area contributed by atoms with Crippen molar-refractivity contribution in [2.45, 2.75) is 34.2 Å². The van der Waals surface area contributed by atoms with Gasteiger partial charge in [-0.15, -0.1) is 24.0 Å². The predicted molar refractivity (Wildman–Crippen MR) is 107 cm³/mol. The Balaban J connectivity index is 0.00000441. The molecule has 0 aliphatic carbocycles. The lowest BCUT2D eigenvalue weighted by Crippen LogP contribution is -2.41. The summed E-state index contributed by atoms with van der Waals surface area (Å²) in [6.07, 6.45) is 0. The number of rotatable bonds is 8. The van der Waals surface area contributed by atoms with E-state index in [9.17, 15) is 0 Å². The Labute approximate surface area is 152 Å². The highest BCUT2D eigenvalue weighted by Crippen LogP contribution is 2.04. The van der Waals surface area contributed by atoms with Crippen LogP contribution in [-0.4, -0.2) is 43.6 Å². The predicted octanol–water partition coefficient (Wildman–Crippen LogP) is 3.01. The molecule has 1 aromatic carbocycles. The molecule has 0 unspecified atom stereocenters. The average molecular weight is 418 g/mol. The molecule has 0 heterocycles. The van der Waals surface area contributed by atoms with Crippen molar-refractivity contribution in [2.24, 2.45) is 4.99 Å². The van der Waals surface area contributed by atoms with Crippen LogP contribution in [0.3, 0.4) is 0 Å². The molecule has 5 heteroatoms. The van der Waals surface area contributed by atoms with Crippen molar-refractivity contribution in [3.63, 3.8) is 0 Å². The highest BCUT2D eigenvalue weighted by molar-refractivity contribution is 14.0. The zero-order valence-electron chi connectivity index (χ0n) is 14.4. The molecule has 4 nitrogen and oxygen atoms in total. The molecule has 0 aliphatic rings. The van der Waals surface area contributed by atoms with E-state index in [2.05, 4.69) is 72.5 Å². The van der Waals surface area contributed by atoms with Gasteiger partial charge in [-0.25, -0.2) is 4.99 Å². The molecular formula is C17H31IN4. The molecule has 22 heavy (non-hydrogen) atoms. The SMILES string of the molecule is CCNC(=NCc1ccc(C)cc1)NCCN(CC)CC.I. The first-order valence-corrected chi connectivity index (χ1v) is 7.99. The second-order valence-electron chi connectivity index (χ2n) is 5.13. The first kappa shape index (κ1) is 21.2. The van der Waals surface area contributed by atoms with E-state index in [1.807, 2.05) is 0 Å². The zero-order chi connectivity index (χ0) is 15.5. The third-order valence-corrected chi connectivity index (χ3v) is 3.50. The number of nitrogens with one attached hydrogen (secondary N) is 2. The molecule has 0 fully saturated rings. The molecule has 2 N–H and O–H groups in total. The smallest absolute Gasteiger partial charge is 0.191 e. The Morgan fingerprint density at radius 2 is 1.68 bits per heavy atom. The summed E-state index contributed by atoms with van der Waals surface area (Å²) in [5.74, 6) is 0.894. The molecule has 126 valence electrons. The lowest BCUT2D eigenvalue weighted by molar-refractivity contribution is 0.308. The van der Waals surface area contributed by atoms with Gasteiger partial charge in [0, 0.05) is 19.6 Å². The van der Waals surface area contributed by atoms with Gasteiger partial charge in [-0.1, -0.05) is 43.7 Å². The standard InChI is InChI=1S/C17H30N4.HI/c1-5-18-17(19-12-13-21(6-2)7-3)20-14-16-10-8-15(4)9-11-16;/h8-11H,5-7,12-14H2,1-4H3,(H2,18,19,20);1H. The van der Waals surface area contributed by atoms with Crippen LogP contribution in [-0.2, 0) is 6.54 Å². The van der Waals surface area contributed by atoms with Crippen molar-refractivity contribution in [3.05, 3.63) is 35.4 Å². The number of likely N-dealkylation sites (N-methyl/N-ethyl adjacent to an activating group) is 1. The first-order valence-electron chi connectivity index (χ1n) is 7.99. The fourth-order valence-corrected chi connectivity index (χ4v) is 2.08. The molecule has 0 radical (unpaired) electrons. The van der Waals surface area contributed by atoms with E-state index in [0.717, 1.165) is 38.7 Å². The summed E-state index contributed by atoms with van der Waals surface area (Å²) >= 11 is 0. The number of nitrogens with zero attached hydrogens (tertiary/aromatic N) is 2. The Morgan fingerprint density at radius 3 is 2.23 bits per heavy atom. The van der Waals surface area contributed by atoms with Gasteiger partial charge in [0.15, 0.2) is 5.96 Å². The monoisotopic (exact) mass is 418 g/mol. The van der Waals surface area contributed by atoms with Crippen molar-refractivity contribution < 1.29 is 0 Å². The first-order chi connectivity index (χ1) is 10.2. The van der Waals surface area contributed by atoms with Crippen molar-refractivity contribution in [1.29, 1.82) is 0 Å². The molecule has 0 aromatic heterocycles. The van der Waals surface area contributed by atoms with Gasteiger partial charge in [0.1, 0.15) is 0 Å². The molecule has 0 aliphatic heterocycles. The van der Waals surface area contributed by atoms with Crippen molar-refractivity contribution >= 4 is 29.9 Å². The van der Waals surface area contributed by atoms with Crippen LogP contribution in [0.4, 0.5) is 0 Å². The molecule has 0 amide bonds. The quantitative estimate of drug-likeness (QED) is 0.388. The van der Waals surface area contributed by atoms with E-state index in [1.165, 1.54) is 11.1 Å². The summed E-state index contributed by atoms with van der Waals surface area (Å²) in [5.41, 5.74) is 2.52. The van der Waals surface area contributed by atoms with Crippen LogP contribution in [0, 0.1) is 6.92 Å². The normalized spacial score (nSPS) is 11.2. The van der Waals surface area contributed by atoms with Crippen LogP contribution < -0.4 is 10.6 Å². The molecule has 1 rings (SSSR count). The average Bonchev–Trinajstić information content (AvgIpc) is 2.50. The van der Waals surface area contributed by atoms with Crippen LogP contribution in [0.1, 0.15) is 31.9 Å². The number of aliphatic imine (C=N–C) groups is 1. The van der Waals surface area contributed by atoms with Gasteiger partial charge < -0.3 is 15.5 Å². The van der Waals surface area contributed by atoms with Crippen LogP contribution in [0.2, 0.25) is 0 Å². The minimum absolute atomic E-state index is 0. The minimum Gasteiger partial charge on any atom is -0.357 e. The van der Waals surface area contributed by atoms with Crippen molar-refractivity contribution in [2.75, 3.05) is 32.7 Å². The lowest BCUT2D eigenvalue weighted by atomic mass is 10.1. The molecule has 0 spiro atoms. The van der Waals surface area contributed by atoms with Crippen LogP contribution in [0.25, 0.3) is 0 Å². The lowest BCUT2D eigenvalue weighted by Gasteiger charge is -2.19. The highest BCUT2D eigenvalue weighted by atomic mass is 127. The fraction of sp³-hybridized carbons (Fsp3) is 0.588. The third kappa shape index (κ3) is 8.58. The van der Waals surface area contributed by atoms with E-state index >= 15 is 0 Å². The maximum absolute atomic E-state index is 4.64. The molecule has 0 saturated heterocycles. The van der Waals surface area contributed by atoms with Gasteiger partial charge >= 0.3 is 0 Å². The van der Waals surface area contributed by atoms with E-state index < -0.39 is 0 Å². The number of aryl methyl sites for hydroxylation is 1. The number of benzene rings is 1. The van der Waals surface area contributed by atoms with Gasteiger partial charge in [0.25, 0.3) is 0 Å². The highest BCUT2D eigenvalue weighted by Gasteiger charge is 2.00. The molecule has 0 bridgehead atoms. The minimum atomic E-state index is 0. The van der Waals surface area contributed by atoms with E-state index in [4.69, 9.17) is 0 Å². The number of hydrogen-bond acceptors (Lipinski definition) is 2.